The molecule has 0 saturated carbocycles. The third-order valence-corrected chi connectivity index (χ3v) is 0.907. The van der Waals surface area contributed by atoms with Crippen LogP contribution in [0.5, 0.6) is 0 Å². The van der Waals surface area contributed by atoms with Gasteiger partial charge in [-0.25, -0.2) is 0 Å². The van der Waals surface area contributed by atoms with Gasteiger partial charge in [0.2, 0.25) is 0 Å². The zero-order chi connectivity index (χ0) is 7.28. The van der Waals surface area contributed by atoms with Crippen LogP contribution in [-0.4, -0.2) is 25.8 Å². The van der Waals surface area contributed by atoms with Crippen LogP contribution in [0.4, 0.5) is 0 Å². The first-order valence-corrected chi connectivity index (χ1v) is 2.66. The molecule has 0 heterocycles. The summed E-state index contributed by atoms with van der Waals surface area (Å²) in [6.45, 7) is 2.15. The first-order valence-electron chi connectivity index (χ1n) is 2.66. The van der Waals surface area contributed by atoms with Crippen LogP contribution in [0.25, 0.3) is 0 Å². The molecule has 1 atom stereocenters. The predicted octanol–water partition coefficient (Wildman–Crippen LogP) is -0.884. The fourth-order valence-corrected chi connectivity index (χ4v) is 0.293. The fourth-order valence-electron chi connectivity index (χ4n) is 0.293. The Morgan fingerprint density at radius 3 is 2.45 bits per heavy atom. The molecular weight excluding hydrogens is 359 g/mol. The van der Waals surface area contributed by atoms with Crippen LogP contribution < -0.4 is 10.8 Å². The number of methoxy groups -OCH3 is 1. The Morgan fingerprint density at radius 1 is 1.73 bits per heavy atom. The quantitative estimate of drug-likeness (QED) is 0.398. The maximum atomic E-state index is 10.0. The second-order valence-electron chi connectivity index (χ2n) is 1.73. The maximum absolute atomic E-state index is 10.0. The zero-order valence-corrected chi connectivity index (χ0v) is 13.1. The third kappa shape index (κ3) is 13.4. The molecule has 0 aliphatic carbocycles. The summed E-state index contributed by atoms with van der Waals surface area (Å²) in [6, 6.07) is -0.640. The van der Waals surface area contributed by atoms with Gasteiger partial charge in [-0.2, -0.15) is 0 Å². The van der Waals surface area contributed by atoms with E-state index in [1.165, 1.54) is 0 Å². The Morgan fingerprint density at radius 2 is 2.18 bits per heavy atom. The molecule has 0 bridgehead atoms. The zero-order valence-electron chi connectivity index (χ0n) is 6.74. The Hall–Kier alpha value is 0.455. The fraction of sp³-hybridized carbons (Fsp3) is 0.800. The van der Waals surface area contributed by atoms with Gasteiger partial charge in [-0.3, -0.25) is 4.99 Å². The van der Waals surface area contributed by atoms with Gasteiger partial charge < -0.3 is 15.6 Å². The molecule has 4 nitrogen and oxygen atoms in total. The molecule has 0 aliphatic heterocycles. The van der Waals surface area contributed by atoms with Crippen LogP contribution >= 0.6 is 12.4 Å². The Labute approximate surface area is 93.1 Å². The molecule has 0 aliphatic rings. The summed E-state index contributed by atoms with van der Waals surface area (Å²) in [7, 11) is 1.56. The summed E-state index contributed by atoms with van der Waals surface area (Å²) in [5, 5.41) is 10.0. The van der Waals surface area contributed by atoms with E-state index >= 15 is 0 Å². The van der Waals surface area contributed by atoms with Crippen molar-refractivity contribution in [3.63, 3.8) is 0 Å². The van der Waals surface area contributed by atoms with E-state index in [2.05, 4.69) is 4.99 Å². The molecule has 0 spiro atoms. The molecule has 0 saturated heterocycles. The number of nitrogens with zero attached hydrogens (tertiary/aromatic N) is 1. The van der Waals surface area contributed by atoms with Gasteiger partial charge in [0, 0.05) is 13.1 Å². The van der Waals surface area contributed by atoms with E-state index < -0.39 is 6.02 Å². The van der Waals surface area contributed by atoms with Gasteiger partial charge in [0.1, 0.15) is 0 Å². The van der Waals surface area contributed by atoms with E-state index in [-0.39, 0.29) is 46.2 Å². The van der Waals surface area contributed by atoms with Gasteiger partial charge >= 0.3 is 27.7 Å². The molecule has 1 unspecified atom stereocenters. The van der Waals surface area contributed by atoms with E-state index in [1.807, 2.05) is 6.92 Å². The Bertz CT molecular complexity index is 109. The number of halogens is 1. The van der Waals surface area contributed by atoms with Gasteiger partial charge in [0.05, 0.1) is 12.6 Å². The van der Waals surface area contributed by atoms with E-state index in [0.29, 0.717) is 6.54 Å². The third-order valence-electron chi connectivity index (χ3n) is 0.907. The summed E-state index contributed by atoms with van der Waals surface area (Å²) in [6.07, 6.45) is -0.0301. The first kappa shape index (κ1) is 17.5. The Balaban J connectivity index is -0.000000320. The number of aliphatic imine (C=N–C) groups is 1. The average molecular weight is 372 g/mol. The van der Waals surface area contributed by atoms with Gasteiger partial charge in [0.25, 0.3) is 0 Å². The summed E-state index contributed by atoms with van der Waals surface area (Å²) in [5.41, 5.74) is 4.73. The minimum Gasteiger partial charge on any atom is -0.847 e. The monoisotopic (exact) mass is 371 g/mol. The van der Waals surface area contributed by atoms with Crippen molar-refractivity contribution in [1.82, 2.24) is 0 Å². The van der Waals surface area contributed by atoms with E-state index in [4.69, 9.17) is 10.5 Å². The summed E-state index contributed by atoms with van der Waals surface area (Å²) >= 11 is 0. The molecule has 0 aromatic rings. The molecule has 0 fully saturated rings. The van der Waals surface area contributed by atoms with Crippen molar-refractivity contribution < 1.29 is 37.5 Å². The van der Waals surface area contributed by atoms with Gasteiger partial charge in [-0.1, -0.05) is 0 Å². The molecule has 0 aromatic carbocycles. The maximum Gasteiger partial charge on any atom is 1.00 e. The van der Waals surface area contributed by atoms with Crippen LogP contribution in [-0.2, 0) is 32.4 Å². The number of nitrogens with two attached hydrogens (primary N) is 1. The van der Waals surface area contributed by atoms with Crippen LogP contribution in [0, 0.1) is 0 Å². The van der Waals surface area contributed by atoms with Gasteiger partial charge in [-0.15, -0.1) is 12.4 Å². The average Bonchev–Trinajstić information content (AvgIpc) is 1.83. The van der Waals surface area contributed by atoms with Crippen molar-refractivity contribution in [2.24, 2.45) is 10.7 Å². The topological polar surface area (TPSA) is 70.7 Å². The second-order valence-corrected chi connectivity index (χ2v) is 1.73. The molecule has 11 heavy (non-hydrogen) atoms. The second kappa shape index (κ2) is 10.5. The molecule has 0 aromatic heterocycles. The minimum atomic E-state index is -0.640. The number of hydrogen-bond donors (Lipinski definition) is 1. The molecule has 0 amide bonds. The largest absolute Gasteiger partial charge is 1.00 e. The number of ether oxygens (including phenoxy) is 1. The number of amidine groups is 1. The summed E-state index contributed by atoms with van der Waals surface area (Å²) in [5.74, 6) is 0. The van der Waals surface area contributed by atoms with Crippen molar-refractivity contribution >= 4 is 18.4 Å². The summed E-state index contributed by atoms with van der Waals surface area (Å²) in [4.78, 5) is 3.41. The van der Waals surface area contributed by atoms with Crippen molar-refractivity contribution in [3.8, 4) is 0 Å². The van der Waals surface area contributed by atoms with E-state index in [0.717, 1.165) is 0 Å². The van der Waals surface area contributed by atoms with Gasteiger partial charge in [0.15, 0.2) is 0 Å². The van der Waals surface area contributed by atoms with Crippen molar-refractivity contribution in [2.75, 3.05) is 13.7 Å². The minimum absolute atomic E-state index is 0. The van der Waals surface area contributed by atoms with E-state index in [1.54, 1.807) is 7.11 Å². The normalized spacial score (nSPS) is 12.7. The number of rotatable bonds is 3. The number of hydrogen-bond acceptors (Lipinski definition) is 3. The van der Waals surface area contributed by atoms with Crippen LogP contribution in [0.1, 0.15) is 6.92 Å². The van der Waals surface area contributed by atoms with Crippen molar-refractivity contribution in [3.05, 3.63) is 0 Å². The molecule has 0 rings (SSSR count). The van der Waals surface area contributed by atoms with Crippen molar-refractivity contribution in [2.45, 2.75) is 13.0 Å². The van der Waals surface area contributed by atoms with Crippen LogP contribution in [0.3, 0.4) is 0 Å². The van der Waals surface area contributed by atoms with Crippen LogP contribution in [0.2, 0.25) is 0 Å². The molecular formula is C5H12ClHgN2O2. The molecule has 6 heteroatoms. The predicted molar refractivity (Wildman–Crippen MR) is 40.2 cm³/mol. The smallest absolute Gasteiger partial charge is 0.847 e. The summed E-state index contributed by atoms with van der Waals surface area (Å²) < 4.78 is 4.80. The first-order chi connectivity index (χ1) is 4.16. The Kier molecular flexibility index (Phi) is 16.6. The van der Waals surface area contributed by atoms with E-state index in [9.17, 15) is 5.11 Å². The molecule has 63 valence electrons. The standard InChI is InChI=1S/C5H12N2O2.ClH.Hg/c1-4(9-2)3-7-5(6)8;;/h4H,3H2,1-2H3,(H3,6,7,8);1H;/q;;+1/p-1/i;;1+3. The SMILES string of the molecule is COC(C)CN=C(N)[O-].Cl.[204Hg+]. The van der Waals surface area contributed by atoms with Gasteiger partial charge in [-0.05, 0) is 6.92 Å². The van der Waals surface area contributed by atoms with Crippen LogP contribution in [0.15, 0.2) is 4.99 Å². The molecule has 2 N–H and O–H groups in total. The molecule has 1 radical (unpaired) electrons. The van der Waals surface area contributed by atoms with Crippen molar-refractivity contribution in [1.29, 1.82) is 0 Å².